The maximum absolute atomic E-state index is 12.8. The Morgan fingerprint density at radius 3 is 2.07 bits per heavy atom. The molecule has 144 valence electrons. The molecule has 1 aliphatic rings. The fourth-order valence-electron chi connectivity index (χ4n) is 3.17. The van der Waals surface area contributed by atoms with Crippen molar-refractivity contribution in [2.24, 2.45) is 0 Å². The van der Waals surface area contributed by atoms with Crippen LogP contribution >= 0.6 is 0 Å². The number of ether oxygens (including phenoxy) is 6. The molecule has 1 atom stereocenters. The summed E-state index contributed by atoms with van der Waals surface area (Å²) in [6, 6.07) is 6.93. The molecule has 7 nitrogen and oxygen atoms in total. The molecular weight excluding hydrogens is 352 g/mol. The molecule has 0 bridgehead atoms. The molecular formula is C20H22O7. The standard InChI is InChI=1S/C20H22O7/c1-22-14-7-6-11(8-16(14)24-3)18-13(21)9-12-15(23-2)10-17(25-4)20(26-5)19(12)27-18/h6-8,10,18H,9H2,1-5H3. The molecule has 3 rings (SSSR count). The number of rotatable bonds is 6. The Morgan fingerprint density at radius 1 is 0.815 bits per heavy atom. The Morgan fingerprint density at radius 2 is 1.48 bits per heavy atom. The largest absolute Gasteiger partial charge is 0.496 e. The molecule has 0 aliphatic carbocycles. The zero-order chi connectivity index (χ0) is 19.6. The van der Waals surface area contributed by atoms with Crippen molar-refractivity contribution in [1.82, 2.24) is 0 Å². The molecule has 0 fully saturated rings. The van der Waals surface area contributed by atoms with Crippen LogP contribution in [0.5, 0.6) is 34.5 Å². The summed E-state index contributed by atoms with van der Waals surface area (Å²) >= 11 is 0. The first-order valence-corrected chi connectivity index (χ1v) is 8.31. The van der Waals surface area contributed by atoms with Gasteiger partial charge >= 0.3 is 0 Å². The number of ketones is 1. The highest BCUT2D eigenvalue weighted by Gasteiger charge is 2.35. The fourth-order valence-corrected chi connectivity index (χ4v) is 3.17. The van der Waals surface area contributed by atoms with Crippen molar-refractivity contribution in [3.63, 3.8) is 0 Å². The van der Waals surface area contributed by atoms with E-state index >= 15 is 0 Å². The number of methoxy groups -OCH3 is 5. The van der Waals surface area contributed by atoms with E-state index in [0.29, 0.717) is 45.6 Å². The van der Waals surface area contributed by atoms with E-state index in [-0.39, 0.29) is 12.2 Å². The third kappa shape index (κ3) is 3.20. The predicted octanol–water partition coefficient (Wildman–Crippen LogP) is 2.97. The Labute approximate surface area is 157 Å². The monoisotopic (exact) mass is 374 g/mol. The summed E-state index contributed by atoms with van der Waals surface area (Å²) in [7, 11) is 7.68. The van der Waals surface area contributed by atoms with Gasteiger partial charge in [0.25, 0.3) is 0 Å². The van der Waals surface area contributed by atoms with E-state index < -0.39 is 6.10 Å². The maximum Gasteiger partial charge on any atom is 0.203 e. The van der Waals surface area contributed by atoms with Crippen molar-refractivity contribution in [2.45, 2.75) is 12.5 Å². The maximum atomic E-state index is 12.8. The van der Waals surface area contributed by atoms with Gasteiger partial charge in [-0.15, -0.1) is 0 Å². The molecule has 0 saturated carbocycles. The van der Waals surface area contributed by atoms with E-state index in [0.717, 1.165) is 0 Å². The number of carbonyl (C=O) groups is 1. The molecule has 7 heteroatoms. The number of hydrogen-bond donors (Lipinski definition) is 0. The molecule has 0 N–H and O–H groups in total. The van der Waals surface area contributed by atoms with Crippen LogP contribution in [0.1, 0.15) is 17.2 Å². The van der Waals surface area contributed by atoms with Crippen LogP contribution in [0.2, 0.25) is 0 Å². The van der Waals surface area contributed by atoms with Gasteiger partial charge in [0.15, 0.2) is 34.9 Å². The fraction of sp³-hybridized carbons (Fsp3) is 0.350. The molecule has 2 aromatic carbocycles. The van der Waals surface area contributed by atoms with Gasteiger partial charge in [-0.05, 0) is 12.1 Å². The lowest BCUT2D eigenvalue weighted by atomic mass is 9.94. The van der Waals surface area contributed by atoms with Crippen LogP contribution in [-0.2, 0) is 11.2 Å². The highest BCUT2D eigenvalue weighted by atomic mass is 16.5. The quantitative estimate of drug-likeness (QED) is 0.770. The second kappa shape index (κ2) is 7.65. The lowest BCUT2D eigenvalue weighted by Gasteiger charge is -2.28. The van der Waals surface area contributed by atoms with Crippen LogP contribution in [0.15, 0.2) is 24.3 Å². The summed E-state index contributed by atoms with van der Waals surface area (Å²) in [6.07, 6.45) is -0.652. The molecule has 0 radical (unpaired) electrons. The van der Waals surface area contributed by atoms with Crippen molar-refractivity contribution in [1.29, 1.82) is 0 Å². The van der Waals surface area contributed by atoms with E-state index in [1.165, 1.54) is 21.3 Å². The number of fused-ring (bicyclic) bond motifs is 1. The van der Waals surface area contributed by atoms with Gasteiger partial charge in [0, 0.05) is 23.6 Å². The lowest BCUT2D eigenvalue weighted by molar-refractivity contribution is -0.126. The van der Waals surface area contributed by atoms with Crippen molar-refractivity contribution in [3.05, 3.63) is 35.4 Å². The first kappa shape index (κ1) is 18.7. The van der Waals surface area contributed by atoms with Crippen LogP contribution < -0.4 is 28.4 Å². The van der Waals surface area contributed by atoms with Gasteiger partial charge < -0.3 is 28.4 Å². The molecule has 1 unspecified atom stereocenters. The van der Waals surface area contributed by atoms with Crippen LogP contribution in [0, 0.1) is 0 Å². The minimum atomic E-state index is -0.803. The molecule has 0 aromatic heterocycles. The SMILES string of the molecule is COc1ccc(C2Oc3c(c(OC)cc(OC)c3OC)CC2=O)cc1OC. The summed E-state index contributed by atoms with van der Waals surface area (Å²) in [5, 5.41) is 0. The second-order valence-electron chi connectivity index (χ2n) is 5.88. The average Bonchev–Trinajstić information content (AvgIpc) is 2.71. The predicted molar refractivity (Wildman–Crippen MR) is 97.7 cm³/mol. The van der Waals surface area contributed by atoms with Crippen LogP contribution in [0.4, 0.5) is 0 Å². The van der Waals surface area contributed by atoms with Crippen molar-refractivity contribution in [2.75, 3.05) is 35.5 Å². The minimum absolute atomic E-state index is 0.0970. The van der Waals surface area contributed by atoms with Crippen molar-refractivity contribution in [3.8, 4) is 34.5 Å². The van der Waals surface area contributed by atoms with E-state index in [1.807, 2.05) is 0 Å². The molecule has 2 aromatic rings. The minimum Gasteiger partial charge on any atom is -0.496 e. The van der Waals surface area contributed by atoms with E-state index in [1.54, 1.807) is 38.5 Å². The molecule has 0 spiro atoms. The summed E-state index contributed by atoms with van der Waals surface area (Å²) in [4.78, 5) is 12.8. The smallest absolute Gasteiger partial charge is 0.203 e. The Kier molecular flexibility index (Phi) is 5.30. The Balaban J connectivity index is 2.09. The first-order chi connectivity index (χ1) is 13.1. The van der Waals surface area contributed by atoms with E-state index in [4.69, 9.17) is 28.4 Å². The molecule has 1 heterocycles. The zero-order valence-electron chi connectivity index (χ0n) is 16.0. The molecule has 0 saturated heterocycles. The average molecular weight is 374 g/mol. The van der Waals surface area contributed by atoms with Gasteiger partial charge in [0.1, 0.15) is 5.75 Å². The van der Waals surface area contributed by atoms with Gasteiger partial charge in [-0.3, -0.25) is 4.79 Å². The van der Waals surface area contributed by atoms with Gasteiger partial charge in [-0.1, -0.05) is 6.07 Å². The number of benzene rings is 2. The van der Waals surface area contributed by atoms with Crippen LogP contribution in [0.3, 0.4) is 0 Å². The van der Waals surface area contributed by atoms with Gasteiger partial charge in [0.2, 0.25) is 5.75 Å². The summed E-state index contributed by atoms with van der Waals surface area (Å²) in [6.45, 7) is 0. The van der Waals surface area contributed by atoms with Gasteiger partial charge in [0.05, 0.1) is 35.5 Å². The molecule has 27 heavy (non-hydrogen) atoms. The van der Waals surface area contributed by atoms with Gasteiger partial charge in [-0.25, -0.2) is 0 Å². The third-order valence-corrected chi connectivity index (χ3v) is 4.50. The summed E-state index contributed by atoms with van der Waals surface area (Å²) in [5.41, 5.74) is 1.30. The first-order valence-electron chi connectivity index (χ1n) is 8.31. The summed E-state index contributed by atoms with van der Waals surface area (Å²) in [5.74, 6) is 2.84. The van der Waals surface area contributed by atoms with E-state index in [9.17, 15) is 4.79 Å². The molecule has 1 aliphatic heterocycles. The zero-order valence-corrected chi connectivity index (χ0v) is 16.0. The van der Waals surface area contributed by atoms with Crippen molar-refractivity contribution < 1.29 is 33.2 Å². The highest BCUT2D eigenvalue weighted by Crippen LogP contribution is 2.49. The number of carbonyl (C=O) groups excluding carboxylic acids is 1. The van der Waals surface area contributed by atoms with E-state index in [2.05, 4.69) is 0 Å². The van der Waals surface area contributed by atoms with Crippen molar-refractivity contribution >= 4 is 5.78 Å². The lowest BCUT2D eigenvalue weighted by Crippen LogP contribution is -2.26. The second-order valence-corrected chi connectivity index (χ2v) is 5.88. The van der Waals surface area contributed by atoms with Crippen LogP contribution in [0.25, 0.3) is 0 Å². The number of hydrogen-bond acceptors (Lipinski definition) is 7. The van der Waals surface area contributed by atoms with Crippen LogP contribution in [-0.4, -0.2) is 41.3 Å². The number of Topliss-reactive ketones (excluding diaryl/α,β-unsaturated/α-hetero) is 1. The molecule has 0 amide bonds. The Bertz CT molecular complexity index is 860. The third-order valence-electron chi connectivity index (χ3n) is 4.50. The summed E-state index contributed by atoms with van der Waals surface area (Å²) < 4.78 is 32.9. The Hall–Kier alpha value is -3.09. The highest BCUT2D eigenvalue weighted by molar-refractivity contribution is 5.90. The van der Waals surface area contributed by atoms with Gasteiger partial charge in [-0.2, -0.15) is 0 Å². The topological polar surface area (TPSA) is 72.5 Å². The normalized spacial score (nSPS) is 15.4.